The molecular weight excluding hydrogens is 376 g/mol. The summed E-state index contributed by atoms with van der Waals surface area (Å²) in [6, 6.07) is 8.02. The third-order valence-corrected chi connectivity index (χ3v) is 5.31. The van der Waals surface area contributed by atoms with Crippen molar-refractivity contribution >= 4 is 18.3 Å². The van der Waals surface area contributed by atoms with Crippen LogP contribution in [0, 0.1) is 5.92 Å². The van der Waals surface area contributed by atoms with Crippen molar-refractivity contribution < 1.29 is 9.90 Å². The number of carbonyl (C=O) groups is 1. The SMILES string of the molecule is CCNCC1CCN(C(=O)c2nn(-c3ccc(C(C)C)cc3)cc2O)CC1.Cl. The lowest BCUT2D eigenvalue weighted by Crippen LogP contribution is -2.41. The second-order valence-corrected chi connectivity index (χ2v) is 7.60. The molecule has 1 saturated heterocycles. The highest BCUT2D eigenvalue weighted by Crippen LogP contribution is 2.24. The van der Waals surface area contributed by atoms with Gasteiger partial charge in [-0.25, -0.2) is 4.68 Å². The number of piperidine rings is 1. The molecule has 1 aliphatic heterocycles. The summed E-state index contributed by atoms with van der Waals surface area (Å²) < 4.78 is 1.57. The third-order valence-electron chi connectivity index (χ3n) is 5.31. The van der Waals surface area contributed by atoms with Gasteiger partial charge in [-0.1, -0.05) is 32.9 Å². The zero-order valence-electron chi connectivity index (χ0n) is 16.9. The highest BCUT2D eigenvalue weighted by Gasteiger charge is 2.27. The molecule has 0 radical (unpaired) electrons. The van der Waals surface area contributed by atoms with E-state index in [-0.39, 0.29) is 29.8 Å². The van der Waals surface area contributed by atoms with Gasteiger partial charge < -0.3 is 15.3 Å². The first-order chi connectivity index (χ1) is 13.0. The summed E-state index contributed by atoms with van der Waals surface area (Å²) in [7, 11) is 0. The summed E-state index contributed by atoms with van der Waals surface area (Å²) in [5.74, 6) is 0.812. The number of benzene rings is 1. The Balaban J connectivity index is 0.00000280. The van der Waals surface area contributed by atoms with Gasteiger partial charge in [0, 0.05) is 13.1 Å². The van der Waals surface area contributed by atoms with E-state index in [2.05, 4.69) is 43.3 Å². The van der Waals surface area contributed by atoms with Crippen LogP contribution < -0.4 is 5.32 Å². The minimum Gasteiger partial charge on any atom is -0.504 e. The second kappa shape index (κ2) is 9.94. The summed E-state index contributed by atoms with van der Waals surface area (Å²) in [4.78, 5) is 14.6. The van der Waals surface area contributed by atoms with Crippen LogP contribution in [-0.4, -0.2) is 51.9 Å². The number of aromatic hydroxyl groups is 1. The van der Waals surface area contributed by atoms with Crippen LogP contribution in [-0.2, 0) is 0 Å². The molecule has 2 N–H and O–H groups in total. The Morgan fingerprint density at radius 1 is 1.25 bits per heavy atom. The standard InChI is InChI=1S/C21H30N4O2.ClH/c1-4-22-13-16-9-11-24(12-10-16)21(27)20-19(26)14-25(23-20)18-7-5-17(6-8-18)15(2)3;/h5-8,14-16,22,26H,4,9-13H2,1-3H3;1H. The van der Waals surface area contributed by atoms with Crippen LogP contribution in [0.2, 0.25) is 0 Å². The molecule has 1 aromatic heterocycles. The molecule has 0 unspecified atom stereocenters. The van der Waals surface area contributed by atoms with Crippen LogP contribution in [0.15, 0.2) is 30.5 Å². The number of halogens is 1. The van der Waals surface area contributed by atoms with Gasteiger partial charge >= 0.3 is 0 Å². The van der Waals surface area contributed by atoms with Crippen LogP contribution in [0.25, 0.3) is 5.69 Å². The van der Waals surface area contributed by atoms with Gasteiger partial charge in [-0.05, 0) is 55.5 Å². The summed E-state index contributed by atoms with van der Waals surface area (Å²) in [6.07, 6.45) is 3.48. The predicted octanol–water partition coefficient (Wildman–Crippen LogP) is 3.58. The van der Waals surface area contributed by atoms with E-state index in [1.165, 1.54) is 11.8 Å². The van der Waals surface area contributed by atoms with Gasteiger partial charge in [-0.2, -0.15) is 5.10 Å². The molecule has 2 aromatic rings. The normalized spacial score (nSPS) is 14.9. The predicted molar refractivity (Wildman–Crippen MR) is 114 cm³/mol. The van der Waals surface area contributed by atoms with Crippen molar-refractivity contribution in [2.45, 2.75) is 39.5 Å². The molecule has 28 heavy (non-hydrogen) atoms. The minimum absolute atomic E-state index is 0. The molecule has 1 amide bonds. The van der Waals surface area contributed by atoms with Gasteiger partial charge in [0.05, 0.1) is 11.9 Å². The fraction of sp³-hybridized carbons (Fsp3) is 0.524. The molecule has 2 heterocycles. The minimum atomic E-state index is -0.188. The van der Waals surface area contributed by atoms with Gasteiger partial charge in [0.1, 0.15) is 0 Å². The van der Waals surface area contributed by atoms with E-state index in [0.717, 1.165) is 31.6 Å². The molecule has 1 aromatic carbocycles. The molecule has 0 spiro atoms. The van der Waals surface area contributed by atoms with Crippen LogP contribution in [0.5, 0.6) is 5.75 Å². The van der Waals surface area contributed by atoms with Crippen molar-refractivity contribution in [2.75, 3.05) is 26.2 Å². The monoisotopic (exact) mass is 406 g/mol. The number of hydrogen-bond acceptors (Lipinski definition) is 4. The number of rotatable bonds is 6. The highest BCUT2D eigenvalue weighted by atomic mass is 35.5. The van der Waals surface area contributed by atoms with Crippen molar-refractivity contribution in [1.29, 1.82) is 0 Å². The van der Waals surface area contributed by atoms with E-state index in [4.69, 9.17) is 0 Å². The number of amides is 1. The number of carbonyl (C=O) groups excluding carboxylic acids is 1. The maximum Gasteiger partial charge on any atom is 0.278 e. The molecule has 0 bridgehead atoms. The van der Waals surface area contributed by atoms with Crippen molar-refractivity contribution in [1.82, 2.24) is 20.0 Å². The maximum absolute atomic E-state index is 12.8. The fourth-order valence-corrected chi connectivity index (χ4v) is 3.50. The van der Waals surface area contributed by atoms with Gasteiger partial charge in [-0.3, -0.25) is 4.79 Å². The molecule has 3 rings (SSSR count). The summed E-state index contributed by atoms with van der Waals surface area (Å²) in [5.41, 5.74) is 2.21. The molecule has 154 valence electrons. The molecule has 1 fully saturated rings. The van der Waals surface area contributed by atoms with Crippen LogP contribution in [0.1, 0.15) is 55.6 Å². The van der Waals surface area contributed by atoms with Gasteiger partial charge in [-0.15, -0.1) is 12.4 Å². The van der Waals surface area contributed by atoms with Gasteiger partial charge in [0.2, 0.25) is 0 Å². The van der Waals surface area contributed by atoms with Crippen LogP contribution in [0.4, 0.5) is 0 Å². The molecule has 6 nitrogen and oxygen atoms in total. The van der Waals surface area contributed by atoms with Crippen LogP contribution in [0.3, 0.4) is 0 Å². The number of aromatic nitrogens is 2. The topological polar surface area (TPSA) is 70.4 Å². The number of likely N-dealkylation sites (tertiary alicyclic amines) is 1. The Labute approximate surface area is 173 Å². The lowest BCUT2D eigenvalue weighted by Gasteiger charge is -2.31. The number of hydrogen-bond donors (Lipinski definition) is 2. The third kappa shape index (κ3) is 5.06. The summed E-state index contributed by atoms with van der Waals surface area (Å²) >= 11 is 0. The van der Waals surface area contributed by atoms with Gasteiger partial charge in [0.25, 0.3) is 5.91 Å². The Bertz CT molecular complexity index is 765. The van der Waals surface area contributed by atoms with Crippen LogP contribution >= 0.6 is 12.4 Å². The first-order valence-electron chi connectivity index (χ1n) is 9.88. The number of nitrogens with zero attached hydrogens (tertiary/aromatic N) is 3. The van der Waals surface area contributed by atoms with E-state index in [9.17, 15) is 9.90 Å². The van der Waals surface area contributed by atoms with Crippen molar-refractivity contribution in [3.63, 3.8) is 0 Å². The summed E-state index contributed by atoms with van der Waals surface area (Å²) in [5, 5.41) is 18.0. The average molecular weight is 407 g/mol. The molecule has 0 atom stereocenters. The Morgan fingerprint density at radius 3 is 2.46 bits per heavy atom. The van der Waals surface area contributed by atoms with E-state index in [0.29, 0.717) is 24.9 Å². The average Bonchev–Trinajstić information content (AvgIpc) is 3.08. The maximum atomic E-state index is 12.8. The Morgan fingerprint density at radius 2 is 1.89 bits per heavy atom. The van der Waals surface area contributed by atoms with Crippen molar-refractivity contribution in [3.05, 3.63) is 41.7 Å². The molecular formula is C21H31ClN4O2. The first kappa shape index (κ1) is 22.2. The zero-order valence-corrected chi connectivity index (χ0v) is 17.7. The van der Waals surface area contributed by atoms with Crippen molar-refractivity contribution in [2.24, 2.45) is 5.92 Å². The largest absolute Gasteiger partial charge is 0.504 e. The lowest BCUT2D eigenvalue weighted by molar-refractivity contribution is 0.0681. The van der Waals surface area contributed by atoms with Crippen molar-refractivity contribution in [3.8, 4) is 11.4 Å². The molecule has 0 saturated carbocycles. The molecule has 7 heteroatoms. The van der Waals surface area contributed by atoms with E-state index in [1.54, 1.807) is 9.58 Å². The molecule has 0 aliphatic carbocycles. The lowest BCUT2D eigenvalue weighted by atomic mass is 9.96. The van der Waals surface area contributed by atoms with E-state index < -0.39 is 0 Å². The summed E-state index contributed by atoms with van der Waals surface area (Å²) in [6.45, 7) is 9.80. The first-order valence-corrected chi connectivity index (χ1v) is 9.88. The second-order valence-electron chi connectivity index (χ2n) is 7.60. The Kier molecular flexibility index (Phi) is 7.89. The van der Waals surface area contributed by atoms with E-state index in [1.807, 2.05) is 12.1 Å². The highest BCUT2D eigenvalue weighted by molar-refractivity contribution is 5.94. The Hall–Kier alpha value is -2.05. The molecule has 1 aliphatic rings. The van der Waals surface area contributed by atoms with E-state index >= 15 is 0 Å². The zero-order chi connectivity index (χ0) is 19.4. The fourth-order valence-electron chi connectivity index (χ4n) is 3.50. The smallest absolute Gasteiger partial charge is 0.278 e. The number of nitrogens with one attached hydrogen (secondary N) is 1. The van der Waals surface area contributed by atoms with Gasteiger partial charge in [0.15, 0.2) is 11.4 Å². The quantitative estimate of drug-likeness (QED) is 0.769.